The van der Waals surface area contributed by atoms with Gasteiger partial charge >= 0.3 is 0 Å². The van der Waals surface area contributed by atoms with Gasteiger partial charge < -0.3 is 19.7 Å². The molecular formula is C29H24O6. The zero-order valence-electron chi connectivity index (χ0n) is 19.3. The lowest BCUT2D eigenvalue weighted by molar-refractivity contribution is 0.102. The molecular weight excluding hydrogens is 444 g/mol. The fourth-order valence-corrected chi connectivity index (χ4v) is 4.03. The molecule has 0 atom stereocenters. The van der Waals surface area contributed by atoms with Crippen LogP contribution in [0.25, 0.3) is 0 Å². The number of carbonyl (C=O) groups is 2. The minimum absolute atomic E-state index is 0.0529. The Bertz CT molecular complexity index is 1270. The number of hydrogen-bond donors (Lipinski definition) is 2. The van der Waals surface area contributed by atoms with Crippen molar-refractivity contribution in [2.75, 3.05) is 14.2 Å². The smallest absolute Gasteiger partial charge is 0.197 e. The van der Waals surface area contributed by atoms with E-state index in [2.05, 4.69) is 0 Å². The van der Waals surface area contributed by atoms with E-state index in [0.29, 0.717) is 33.8 Å². The molecule has 0 aromatic heterocycles. The molecule has 0 aliphatic heterocycles. The number of phenols is 2. The average molecular weight is 469 g/mol. The van der Waals surface area contributed by atoms with Crippen molar-refractivity contribution >= 4 is 11.6 Å². The van der Waals surface area contributed by atoms with Gasteiger partial charge in [-0.1, -0.05) is 60.7 Å². The molecule has 0 heterocycles. The molecule has 2 N–H and O–H groups in total. The molecule has 0 radical (unpaired) electrons. The molecule has 0 aliphatic carbocycles. The summed E-state index contributed by atoms with van der Waals surface area (Å²) in [5.74, 6) is -0.518. The van der Waals surface area contributed by atoms with Gasteiger partial charge in [-0.05, 0) is 29.7 Å². The largest absolute Gasteiger partial charge is 0.507 e. The van der Waals surface area contributed by atoms with Crippen LogP contribution in [0.5, 0.6) is 23.0 Å². The summed E-state index contributed by atoms with van der Waals surface area (Å²) in [6, 6.07) is 23.2. The van der Waals surface area contributed by atoms with Crippen LogP contribution < -0.4 is 9.47 Å². The van der Waals surface area contributed by atoms with Gasteiger partial charge in [-0.2, -0.15) is 0 Å². The Morgan fingerprint density at radius 2 is 1.00 bits per heavy atom. The summed E-state index contributed by atoms with van der Waals surface area (Å²) in [6.45, 7) is 0. The van der Waals surface area contributed by atoms with Crippen molar-refractivity contribution in [2.24, 2.45) is 0 Å². The first-order chi connectivity index (χ1) is 16.9. The second-order valence-electron chi connectivity index (χ2n) is 7.93. The van der Waals surface area contributed by atoms with Crippen molar-refractivity contribution in [3.05, 3.63) is 118 Å². The van der Waals surface area contributed by atoms with Gasteiger partial charge in [0.15, 0.2) is 11.6 Å². The molecule has 0 saturated carbocycles. The van der Waals surface area contributed by atoms with E-state index in [1.54, 1.807) is 72.8 Å². The number of benzene rings is 4. The first-order valence-corrected chi connectivity index (χ1v) is 10.9. The van der Waals surface area contributed by atoms with Gasteiger partial charge in [-0.15, -0.1) is 0 Å². The number of carbonyl (C=O) groups excluding carboxylic acids is 2. The SMILES string of the molecule is COc1cc(O)c(C(=O)c2ccccc2)c(Cc2cc(OC)cc(O)c2C(=O)c2ccccc2)c1. The third-order valence-corrected chi connectivity index (χ3v) is 5.72. The quantitative estimate of drug-likeness (QED) is 0.347. The van der Waals surface area contributed by atoms with E-state index in [-0.39, 0.29) is 40.6 Å². The molecule has 0 unspecified atom stereocenters. The van der Waals surface area contributed by atoms with Gasteiger partial charge in [0.05, 0.1) is 25.3 Å². The number of rotatable bonds is 8. The molecule has 0 aliphatic rings. The van der Waals surface area contributed by atoms with Gasteiger partial charge in [-0.3, -0.25) is 9.59 Å². The Balaban J connectivity index is 1.88. The van der Waals surface area contributed by atoms with Crippen LogP contribution in [0, 0.1) is 0 Å². The third-order valence-electron chi connectivity index (χ3n) is 5.72. The topological polar surface area (TPSA) is 93.1 Å². The van der Waals surface area contributed by atoms with E-state index in [0.717, 1.165) is 0 Å². The van der Waals surface area contributed by atoms with Crippen molar-refractivity contribution in [1.82, 2.24) is 0 Å². The predicted molar refractivity (Wildman–Crippen MR) is 132 cm³/mol. The molecule has 4 aromatic rings. The van der Waals surface area contributed by atoms with Gasteiger partial charge in [0.25, 0.3) is 0 Å². The van der Waals surface area contributed by atoms with E-state index >= 15 is 0 Å². The van der Waals surface area contributed by atoms with Crippen LogP contribution in [0.15, 0.2) is 84.9 Å². The highest BCUT2D eigenvalue weighted by atomic mass is 16.5. The zero-order chi connectivity index (χ0) is 24.9. The lowest BCUT2D eigenvalue weighted by atomic mass is 9.89. The number of phenolic OH excluding ortho intramolecular Hbond substituents is 2. The fourth-order valence-electron chi connectivity index (χ4n) is 4.03. The first-order valence-electron chi connectivity index (χ1n) is 10.9. The second kappa shape index (κ2) is 10.1. The minimum atomic E-state index is -0.371. The van der Waals surface area contributed by atoms with Crippen molar-refractivity contribution in [3.8, 4) is 23.0 Å². The highest BCUT2D eigenvalue weighted by Crippen LogP contribution is 2.35. The zero-order valence-corrected chi connectivity index (χ0v) is 19.3. The lowest BCUT2D eigenvalue weighted by Gasteiger charge is -2.17. The molecule has 35 heavy (non-hydrogen) atoms. The maximum absolute atomic E-state index is 13.4. The summed E-state index contributed by atoms with van der Waals surface area (Å²) in [4.78, 5) is 26.7. The molecule has 6 nitrogen and oxygen atoms in total. The fraction of sp³-hybridized carbons (Fsp3) is 0.103. The van der Waals surface area contributed by atoms with Crippen LogP contribution in [0.4, 0.5) is 0 Å². The highest BCUT2D eigenvalue weighted by molar-refractivity contribution is 6.13. The second-order valence-corrected chi connectivity index (χ2v) is 7.93. The van der Waals surface area contributed by atoms with Crippen molar-refractivity contribution in [2.45, 2.75) is 6.42 Å². The maximum atomic E-state index is 13.4. The van der Waals surface area contributed by atoms with E-state index in [9.17, 15) is 19.8 Å². The average Bonchev–Trinajstić information content (AvgIpc) is 2.88. The number of ketones is 2. The van der Waals surface area contributed by atoms with Crippen LogP contribution >= 0.6 is 0 Å². The third kappa shape index (κ3) is 4.87. The van der Waals surface area contributed by atoms with Crippen LogP contribution in [0.2, 0.25) is 0 Å². The van der Waals surface area contributed by atoms with Crippen LogP contribution in [-0.2, 0) is 6.42 Å². The van der Waals surface area contributed by atoms with Crippen LogP contribution in [0.3, 0.4) is 0 Å². The lowest BCUT2D eigenvalue weighted by Crippen LogP contribution is -2.11. The number of ether oxygens (including phenoxy) is 2. The normalized spacial score (nSPS) is 10.6. The molecule has 0 spiro atoms. The first kappa shape index (κ1) is 23.6. The van der Waals surface area contributed by atoms with E-state index < -0.39 is 0 Å². The molecule has 0 bridgehead atoms. The predicted octanol–water partition coefficient (Wildman–Crippen LogP) is 5.17. The van der Waals surface area contributed by atoms with Crippen molar-refractivity contribution < 1.29 is 29.3 Å². The van der Waals surface area contributed by atoms with Gasteiger partial charge in [0.2, 0.25) is 0 Å². The molecule has 0 fully saturated rings. The van der Waals surface area contributed by atoms with Gasteiger partial charge in [0, 0.05) is 23.3 Å². The molecule has 176 valence electrons. The van der Waals surface area contributed by atoms with E-state index in [1.807, 2.05) is 0 Å². The standard InChI is InChI=1S/C29H24O6/c1-34-22-14-20(26(24(30)16-22)28(32)18-9-5-3-6-10-18)13-21-15-23(35-2)17-25(31)27(21)29(33)19-11-7-4-8-12-19/h3-12,14-17,30-31H,13H2,1-2H3. The molecule has 4 aromatic carbocycles. The molecule has 0 saturated heterocycles. The Morgan fingerprint density at radius 1 is 0.629 bits per heavy atom. The number of methoxy groups -OCH3 is 2. The number of hydrogen-bond acceptors (Lipinski definition) is 6. The Kier molecular flexibility index (Phi) is 6.83. The number of aromatic hydroxyl groups is 2. The summed E-state index contributed by atoms with van der Waals surface area (Å²) in [7, 11) is 2.91. The molecule has 0 amide bonds. The van der Waals surface area contributed by atoms with E-state index in [4.69, 9.17) is 9.47 Å². The minimum Gasteiger partial charge on any atom is -0.507 e. The van der Waals surface area contributed by atoms with Crippen LogP contribution in [-0.4, -0.2) is 36.0 Å². The molecule has 4 rings (SSSR count). The maximum Gasteiger partial charge on any atom is 0.197 e. The van der Waals surface area contributed by atoms with Crippen molar-refractivity contribution in [3.63, 3.8) is 0 Å². The Labute approximate surface area is 203 Å². The van der Waals surface area contributed by atoms with E-state index in [1.165, 1.54) is 26.4 Å². The highest BCUT2D eigenvalue weighted by Gasteiger charge is 2.24. The summed E-state index contributed by atoms with van der Waals surface area (Å²) >= 11 is 0. The van der Waals surface area contributed by atoms with Gasteiger partial charge in [-0.25, -0.2) is 0 Å². The van der Waals surface area contributed by atoms with Crippen LogP contribution in [0.1, 0.15) is 43.0 Å². The van der Waals surface area contributed by atoms with Gasteiger partial charge in [0.1, 0.15) is 23.0 Å². The summed E-state index contributed by atoms with van der Waals surface area (Å²) in [5, 5.41) is 21.6. The van der Waals surface area contributed by atoms with Crippen molar-refractivity contribution in [1.29, 1.82) is 0 Å². The Hall–Kier alpha value is -4.58. The Morgan fingerprint density at radius 3 is 1.34 bits per heavy atom. The summed E-state index contributed by atoms with van der Waals surface area (Å²) < 4.78 is 10.6. The summed E-state index contributed by atoms with van der Waals surface area (Å²) in [6.07, 6.45) is 0.0529. The monoisotopic (exact) mass is 468 g/mol. The summed E-state index contributed by atoms with van der Waals surface area (Å²) in [5.41, 5.74) is 1.87. The molecule has 6 heteroatoms.